The molecule has 0 aromatic carbocycles. The molecule has 32 heavy (non-hydrogen) atoms. The SMILES string of the molecule is CSC(C)(C)c1cc(Nc2cc(C)nn2C(=O)OC(C)(C)C)nc(N2CCOCC2C)c1. The van der Waals surface area contributed by atoms with Gasteiger partial charge in [-0.2, -0.15) is 16.9 Å². The molecule has 9 heteroatoms. The number of nitrogens with one attached hydrogen (secondary N) is 1. The van der Waals surface area contributed by atoms with Crippen LogP contribution in [0.15, 0.2) is 18.2 Å². The molecule has 1 N–H and O–H groups in total. The van der Waals surface area contributed by atoms with Crippen molar-refractivity contribution in [1.29, 1.82) is 0 Å². The Morgan fingerprint density at radius 2 is 1.97 bits per heavy atom. The van der Waals surface area contributed by atoms with E-state index in [9.17, 15) is 4.79 Å². The molecule has 0 saturated carbocycles. The van der Waals surface area contributed by atoms with Crippen LogP contribution in [0.1, 0.15) is 52.8 Å². The first kappa shape index (κ1) is 24.4. The topological polar surface area (TPSA) is 81.5 Å². The Bertz CT molecular complexity index is 967. The number of thioether (sulfide) groups is 1. The molecule has 176 valence electrons. The van der Waals surface area contributed by atoms with E-state index < -0.39 is 11.7 Å². The van der Waals surface area contributed by atoms with Crippen molar-refractivity contribution in [3.63, 3.8) is 0 Å². The van der Waals surface area contributed by atoms with Gasteiger partial charge in [0.15, 0.2) is 0 Å². The van der Waals surface area contributed by atoms with Gasteiger partial charge in [-0.25, -0.2) is 9.78 Å². The fourth-order valence-corrected chi connectivity index (χ4v) is 3.78. The Morgan fingerprint density at radius 1 is 1.25 bits per heavy atom. The second-order valence-corrected chi connectivity index (χ2v) is 11.0. The number of rotatable bonds is 5. The Hall–Kier alpha value is -2.26. The molecule has 3 heterocycles. The first-order valence-corrected chi connectivity index (χ1v) is 12.1. The van der Waals surface area contributed by atoms with Crippen molar-refractivity contribution in [3.05, 3.63) is 29.5 Å². The van der Waals surface area contributed by atoms with Crippen molar-refractivity contribution in [1.82, 2.24) is 14.8 Å². The van der Waals surface area contributed by atoms with E-state index in [2.05, 4.69) is 48.4 Å². The summed E-state index contributed by atoms with van der Waals surface area (Å²) in [6, 6.07) is 6.23. The minimum atomic E-state index is -0.617. The molecule has 1 unspecified atom stereocenters. The van der Waals surface area contributed by atoms with Crippen LogP contribution >= 0.6 is 11.8 Å². The summed E-state index contributed by atoms with van der Waals surface area (Å²) >= 11 is 1.78. The van der Waals surface area contributed by atoms with Gasteiger partial charge in [0.25, 0.3) is 0 Å². The minimum absolute atomic E-state index is 0.106. The lowest BCUT2D eigenvalue weighted by Crippen LogP contribution is -2.44. The van der Waals surface area contributed by atoms with Crippen LogP contribution in [-0.2, 0) is 14.2 Å². The molecule has 1 aliphatic rings. The van der Waals surface area contributed by atoms with Gasteiger partial charge in [-0.3, -0.25) is 0 Å². The number of hydrogen-bond donors (Lipinski definition) is 1. The third-order valence-corrected chi connectivity index (χ3v) is 6.59. The lowest BCUT2D eigenvalue weighted by atomic mass is 10.0. The number of nitrogens with zero attached hydrogens (tertiary/aromatic N) is 4. The molecular weight excluding hydrogens is 426 g/mol. The zero-order chi connectivity index (χ0) is 23.7. The van der Waals surface area contributed by atoms with Crippen LogP contribution in [0.5, 0.6) is 0 Å². The van der Waals surface area contributed by atoms with Crippen molar-refractivity contribution >= 4 is 35.3 Å². The standard InChI is InChI=1S/C23H35N5O3S/c1-15-11-20(28(26-15)21(29)31-22(3,4)5)25-18-12-17(23(6,7)32-8)13-19(24-18)27-9-10-30-14-16(27)2/h11-13,16H,9-10,14H2,1-8H3,(H,24,25). The smallest absolute Gasteiger partial charge is 0.437 e. The zero-order valence-corrected chi connectivity index (χ0v) is 21.2. The highest BCUT2D eigenvalue weighted by atomic mass is 32.2. The summed E-state index contributed by atoms with van der Waals surface area (Å²) in [5, 5.41) is 7.64. The third kappa shape index (κ3) is 5.75. The van der Waals surface area contributed by atoms with Crippen molar-refractivity contribution in [2.24, 2.45) is 0 Å². The van der Waals surface area contributed by atoms with Gasteiger partial charge < -0.3 is 19.7 Å². The number of carbonyl (C=O) groups is 1. The summed E-state index contributed by atoms with van der Waals surface area (Å²) in [7, 11) is 0. The first-order chi connectivity index (χ1) is 14.9. The van der Waals surface area contributed by atoms with Crippen molar-refractivity contribution in [2.45, 2.75) is 64.9 Å². The lowest BCUT2D eigenvalue weighted by molar-refractivity contribution is 0.0518. The van der Waals surface area contributed by atoms with E-state index in [-0.39, 0.29) is 10.8 Å². The van der Waals surface area contributed by atoms with Gasteiger partial charge in [0, 0.05) is 17.4 Å². The van der Waals surface area contributed by atoms with E-state index in [4.69, 9.17) is 14.5 Å². The molecule has 0 spiro atoms. The highest BCUT2D eigenvalue weighted by molar-refractivity contribution is 7.99. The van der Waals surface area contributed by atoms with Crippen LogP contribution in [0.3, 0.4) is 0 Å². The molecule has 8 nitrogen and oxygen atoms in total. The first-order valence-electron chi connectivity index (χ1n) is 10.9. The van der Waals surface area contributed by atoms with Gasteiger partial charge in [-0.05, 0) is 72.4 Å². The highest BCUT2D eigenvalue weighted by Gasteiger charge is 2.26. The van der Waals surface area contributed by atoms with Gasteiger partial charge in [0.05, 0.1) is 24.9 Å². The normalized spacial score (nSPS) is 17.4. The molecule has 0 aliphatic carbocycles. The average molecular weight is 462 g/mol. The number of morpholine rings is 1. The van der Waals surface area contributed by atoms with Gasteiger partial charge >= 0.3 is 6.09 Å². The molecule has 1 saturated heterocycles. The summed E-state index contributed by atoms with van der Waals surface area (Å²) < 4.78 is 12.3. The summed E-state index contributed by atoms with van der Waals surface area (Å²) in [4.78, 5) is 19.9. The number of hydrogen-bond acceptors (Lipinski definition) is 8. The molecule has 2 aromatic heterocycles. The number of ether oxygens (including phenoxy) is 2. The fourth-order valence-electron chi connectivity index (χ4n) is 3.42. The Morgan fingerprint density at radius 3 is 2.59 bits per heavy atom. The van der Waals surface area contributed by atoms with Gasteiger partial charge in [0.1, 0.15) is 23.1 Å². The highest BCUT2D eigenvalue weighted by Crippen LogP contribution is 2.37. The molecule has 0 bridgehead atoms. The fraction of sp³-hybridized carbons (Fsp3) is 0.609. The maximum atomic E-state index is 12.7. The minimum Gasteiger partial charge on any atom is -0.442 e. The lowest BCUT2D eigenvalue weighted by Gasteiger charge is -2.35. The molecule has 3 rings (SSSR count). The second-order valence-electron chi connectivity index (χ2n) is 9.62. The number of carbonyl (C=O) groups excluding carboxylic acids is 1. The Labute approximate surface area is 195 Å². The van der Waals surface area contributed by atoms with Gasteiger partial charge in [0.2, 0.25) is 0 Å². The van der Waals surface area contributed by atoms with E-state index >= 15 is 0 Å². The van der Waals surface area contributed by atoms with E-state index in [1.807, 2.05) is 39.8 Å². The van der Waals surface area contributed by atoms with Gasteiger partial charge in [-0.15, -0.1) is 4.68 Å². The second kappa shape index (κ2) is 9.31. The molecule has 0 radical (unpaired) electrons. The number of aromatic nitrogens is 3. The zero-order valence-electron chi connectivity index (χ0n) is 20.4. The van der Waals surface area contributed by atoms with Crippen molar-refractivity contribution < 1.29 is 14.3 Å². The van der Waals surface area contributed by atoms with Crippen molar-refractivity contribution in [2.75, 3.05) is 36.2 Å². The largest absolute Gasteiger partial charge is 0.442 e. The van der Waals surface area contributed by atoms with Crippen molar-refractivity contribution in [3.8, 4) is 0 Å². The Kier molecular flexibility index (Phi) is 7.09. The van der Waals surface area contributed by atoms with E-state index in [1.54, 1.807) is 11.8 Å². The van der Waals surface area contributed by atoms with E-state index in [0.29, 0.717) is 30.5 Å². The van der Waals surface area contributed by atoms with E-state index in [1.165, 1.54) is 4.68 Å². The van der Waals surface area contributed by atoms with E-state index in [0.717, 1.165) is 17.9 Å². The maximum Gasteiger partial charge on any atom is 0.437 e. The molecule has 0 amide bonds. The summed E-state index contributed by atoms with van der Waals surface area (Å²) in [5.41, 5.74) is 1.24. The van der Waals surface area contributed by atoms with Crippen LogP contribution in [0, 0.1) is 6.92 Å². The average Bonchev–Trinajstić information content (AvgIpc) is 3.07. The van der Waals surface area contributed by atoms with Crippen LogP contribution in [0.2, 0.25) is 0 Å². The molecule has 1 aliphatic heterocycles. The van der Waals surface area contributed by atoms with Gasteiger partial charge in [-0.1, -0.05) is 0 Å². The predicted molar refractivity (Wildman–Crippen MR) is 130 cm³/mol. The molecular formula is C23H35N5O3S. The number of aryl methyl sites for hydroxylation is 1. The summed E-state index contributed by atoms with van der Waals surface area (Å²) in [6.45, 7) is 16.0. The monoisotopic (exact) mass is 461 g/mol. The summed E-state index contributed by atoms with van der Waals surface area (Å²) in [6.07, 6.45) is 1.57. The van der Waals surface area contributed by atoms with Crippen LogP contribution < -0.4 is 10.2 Å². The molecule has 2 aromatic rings. The molecule has 1 atom stereocenters. The Balaban J connectivity index is 2.00. The third-order valence-electron chi connectivity index (χ3n) is 5.33. The quantitative estimate of drug-likeness (QED) is 0.671. The maximum absolute atomic E-state index is 12.7. The number of pyridine rings is 1. The summed E-state index contributed by atoms with van der Waals surface area (Å²) in [5.74, 6) is 2.07. The molecule has 1 fully saturated rings. The number of anilines is 3. The predicted octanol–water partition coefficient (Wildman–Crippen LogP) is 4.94. The van der Waals surface area contributed by atoms with Crippen LogP contribution in [0.25, 0.3) is 0 Å². The van der Waals surface area contributed by atoms with Crippen LogP contribution in [0.4, 0.5) is 22.2 Å². The van der Waals surface area contributed by atoms with Crippen LogP contribution in [-0.4, -0.2) is 58.5 Å².